The summed E-state index contributed by atoms with van der Waals surface area (Å²) in [5.41, 5.74) is 2.82. The molecule has 0 aliphatic rings. The Labute approximate surface area is 149 Å². The topological polar surface area (TPSA) is 101 Å². The molecule has 0 spiro atoms. The third-order valence-electron chi connectivity index (χ3n) is 3.50. The first-order valence-corrected chi connectivity index (χ1v) is 7.73. The van der Waals surface area contributed by atoms with Gasteiger partial charge < -0.3 is 15.2 Å². The number of aliphatic carboxylic acids is 1. The second-order valence-electron chi connectivity index (χ2n) is 5.37. The molecule has 7 heteroatoms. The highest BCUT2D eigenvalue weighted by Crippen LogP contribution is 2.20. The van der Waals surface area contributed by atoms with Crippen molar-refractivity contribution in [3.63, 3.8) is 0 Å². The summed E-state index contributed by atoms with van der Waals surface area (Å²) in [6.07, 6.45) is 4.89. The number of benzene rings is 2. The third kappa shape index (κ3) is 4.41. The quantitative estimate of drug-likeness (QED) is 0.709. The number of anilines is 1. The second kappa shape index (κ2) is 7.89. The average molecular weight is 349 g/mol. The smallest absolute Gasteiger partial charge is 0.341 e. The zero-order chi connectivity index (χ0) is 18.4. The molecule has 1 amide bonds. The summed E-state index contributed by atoms with van der Waals surface area (Å²) in [6.45, 7) is -0.463. The predicted octanol–water partition coefficient (Wildman–Crippen LogP) is 2.86. The number of hydrogen-bond acceptors (Lipinski definition) is 5. The summed E-state index contributed by atoms with van der Waals surface area (Å²) in [5, 5.41) is 11.4. The number of carbonyl (C=O) groups is 2. The number of aromatic nitrogens is 2. The molecule has 1 aromatic heterocycles. The summed E-state index contributed by atoms with van der Waals surface area (Å²) in [7, 11) is 0. The van der Waals surface area contributed by atoms with E-state index in [1.807, 2.05) is 12.1 Å². The van der Waals surface area contributed by atoms with Crippen molar-refractivity contribution in [3.8, 4) is 16.9 Å². The molecule has 0 aliphatic heterocycles. The highest BCUT2D eigenvalue weighted by molar-refractivity contribution is 6.04. The highest BCUT2D eigenvalue weighted by Gasteiger charge is 2.08. The fraction of sp³-hybridized carbons (Fsp3) is 0.0526. The lowest BCUT2D eigenvalue weighted by atomic mass is 10.1. The minimum atomic E-state index is -1.08. The van der Waals surface area contributed by atoms with E-state index in [-0.39, 0.29) is 5.91 Å². The van der Waals surface area contributed by atoms with Crippen LogP contribution < -0.4 is 10.1 Å². The van der Waals surface area contributed by atoms with Crippen LogP contribution in [0.2, 0.25) is 0 Å². The Hall–Kier alpha value is -3.74. The fourth-order valence-corrected chi connectivity index (χ4v) is 2.27. The Balaban J connectivity index is 1.68. The molecule has 0 fully saturated rings. The maximum atomic E-state index is 12.4. The van der Waals surface area contributed by atoms with E-state index in [2.05, 4.69) is 15.3 Å². The molecule has 0 radical (unpaired) electrons. The predicted molar refractivity (Wildman–Crippen MR) is 95.0 cm³/mol. The SMILES string of the molecule is O=C(O)COc1cccc(C(=O)Nc2ccc(-c3cncnc3)cc2)c1. The van der Waals surface area contributed by atoms with E-state index in [0.717, 1.165) is 11.1 Å². The molecule has 0 bridgehead atoms. The minimum Gasteiger partial charge on any atom is -0.482 e. The third-order valence-corrected chi connectivity index (χ3v) is 3.50. The summed E-state index contributed by atoms with van der Waals surface area (Å²) >= 11 is 0. The second-order valence-corrected chi connectivity index (χ2v) is 5.37. The van der Waals surface area contributed by atoms with Gasteiger partial charge in [0.1, 0.15) is 12.1 Å². The van der Waals surface area contributed by atoms with Gasteiger partial charge in [0.15, 0.2) is 6.61 Å². The molecule has 0 saturated heterocycles. The van der Waals surface area contributed by atoms with E-state index in [1.54, 1.807) is 42.7 Å². The van der Waals surface area contributed by atoms with Gasteiger partial charge in [-0.3, -0.25) is 4.79 Å². The van der Waals surface area contributed by atoms with Crippen LogP contribution in [-0.2, 0) is 4.79 Å². The van der Waals surface area contributed by atoms with Crippen molar-refractivity contribution in [2.24, 2.45) is 0 Å². The van der Waals surface area contributed by atoms with Crippen LogP contribution >= 0.6 is 0 Å². The summed E-state index contributed by atoms with van der Waals surface area (Å²) < 4.78 is 5.08. The normalized spacial score (nSPS) is 10.2. The number of rotatable bonds is 6. The molecule has 7 nitrogen and oxygen atoms in total. The van der Waals surface area contributed by atoms with Crippen molar-refractivity contribution in [1.29, 1.82) is 0 Å². The van der Waals surface area contributed by atoms with Crippen molar-refractivity contribution in [1.82, 2.24) is 9.97 Å². The molecule has 1 heterocycles. The van der Waals surface area contributed by atoms with E-state index in [1.165, 1.54) is 12.4 Å². The first kappa shape index (κ1) is 17.1. The standard InChI is InChI=1S/C19H15N3O4/c23-18(24)11-26-17-3-1-2-14(8-17)19(25)22-16-6-4-13(5-7-16)15-9-20-12-21-10-15/h1-10,12H,11H2,(H,22,25)(H,23,24). The number of ether oxygens (including phenoxy) is 1. The van der Waals surface area contributed by atoms with Gasteiger partial charge >= 0.3 is 5.97 Å². The average Bonchev–Trinajstić information content (AvgIpc) is 2.68. The highest BCUT2D eigenvalue weighted by atomic mass is 16.5. The van der Waals surface area contributed by atoms with Gasteiger partial charge in [0, 0.05) is 29.2 Å². The largest absolute Gasteiger partial charge is 0.482 e. The zero-order valence-corrected chi connectivity index (χ0v) is 13.6. The van der Waals surface area contributed by atoms with Gasteiger partial charge in [-0.15, -0.1) is 0 Å². The van der Waals surface area contributed by atoms with Crippen LogP contribution in [0, 0.1) is 0 Å². The van der Waals surface area contributed by atoms with E-state index in [9.17, 15) is 9.59 Å². The number of nitrogens with one attached hydrogen (secondary N) is 1. The fourth-order valence-electron chi connectivity index (χ4n) is 2.27. The molecule has 3 rings (SSSR count). The number of hydrogen-bond donors (Lipinski definition) is 2. The van der Waals surface area contributed by atoms with E-state index in [0.29, 0.717) is 17.0 Å². The lowest BCUT2D eigenvalue weighted by Gasteiger charge is -2.08. The molecular formula is C19H15N3O4. The van der Waals surface area contributed by atoms with E-state index < -0.39 is 12.6 Å². The summed E-state index contributed by atoms with van der Waals surface area (Å²) in [4.78, 5) is 30.9. The lowest BCUT2D eigenvalue weighted by molar-refractivity contribution is -0.139. The van der Waals surface area contributed by atoms with Crippen LogP contribution in [-0.4, -0.2) is 33.6 Å². The maximum Gasteiger partial charge on any atom is 0.341 e. The van der Waals surface area contributed by atoms with Gasteiger partial charge in [0.2, 0.25) is 0 Å². The van der Waals surface area contributed by atoms with Crippen molar-refractivity contribution in [2.45, 2.75) is 0 Å². The molecule has 0 atom stereocenters. The Morgan fingerprint density at radius 3 is 2.42 bits per heavy atom. The zero-order valence-electron chi connectivity index (χ0n) is 13.6. The molecule has 0 unspecified atom stereocenters. The number of carboxylic acid groups (broad SMARTS) is 1. The van der Waals surface area contributed by atoms with Gasteiger partial charge in [-0.25, -0.2) is 14.8 Å². The number of nitrogens with zero attached hydrogens (tertiary/aromatic N) is 2. The minimum absolute atomic E-state index is 0.318. The van der Waals surface area contributed by atoms with Gasteiger partial charge in [0.25, 0.3) is 5.91 Å². The Kier molecular flexibility index (Phi) is 5.19. The van der Waals surface area contributed by atoms with Gasteiger partial charge in [-0.1, -0.05) is 18.2 Å². The van der Waals surface area contributed by atoms with Gasteiger partial charge in [-0.2, -0.15) is 0 Å². The molecule has 26 heavy (non-hydrogen) atoms. The van der Waals surface area contributed by atoms with E-state index in [4.69, 9.17) is 9.84 Å². The Bertz CT molecular complexity index is 912. The molecule has 0 aliphatic carbocycles. The molecule has 3 aromatic rings. The van der Waals surface area contributed by atoms with Crippen LogP contribution in [0.25, 0.3) is 11.1 Å². The van der Waals surface area contributed by atoms with Crippen LogP contribution in [0.15, 0.2) is 67.3 Å². The van der Waals surface area contributed by atoms with Gasteiger partial charge in [-0.05, 0) is 35.9 Å². The first-order valence-electron chi connectivity index (χ1n) is 7.73. The molecular weight excluding hydrogens is 334 g/mol. The van der Waals surface area contributed by atoms with Crippen LogP contribution in [0.3, 0.4) is 0 Å². The molecule has 2 aromatic carbocycles. The van der Waals surface area contributed by atoms with Crippen LogP contribution in [0.4, 0.5) is 5.69 Å². The molecule has 2 N–H and O–H groups in total. The maximum absolute atomic E-state index is 12.4. The number of amides is 1. The number of carbonyl (C=O) groups excluding carboxylic acids is 1. The van der Waals surface area contributed by atoms with Crippen molar-refractivity contribution in [3.05, 3.63) is 72.8 Å². The van der Waals surface area contributed by atoms with Crippen LogP contribution in [0.5, 0.6) is 5.75 Å². The first-order chi connectivity index (χ1) is 12.6. The van der Waals surface area contributed by atoms with E-state index >= 15 is 0 Å². The van der Waals surface area contributed by atoms with Crippen molar-refractivity contribution >= 4 is 17.6 Å². The van der Waals surface area contributed by atoms with Crippen LogP contribution in [0.1, 0.15) is 10.4 Å². The summed E-state index contributed by atoms with van der Waals surface area (Å²) in [6, 6.07) is 13.6. The molecule has 130 valence electrons. The monoisotopic (exact) mass is 349 g/mol. The van der Waals surface area contributed by atoms with Crippen molar-refractivity contribution < 1.29 is 19.4 Å². The number of carboxylic acids is 1. The van der Waals surface area contributed by atoms with Gasteiger partial charge in [0.05, 0.1) is 0 Å². The molecule has 0 saturated carbocycles. The Morgan fingerprint density at radius 2 is 1.73 bits per heavy atom. The lowest BCUT2D eigenvalue weighted by Crippen LogP contribution is -2.13. The Morgan fingerprint density at radius 1 is 1.00 bits per heavy atom. The summed E-state index contributed by atoms with van der Waals surface area (Å²) in [5.74, 6) is -1.08. The van der Waals surface area contributed by atoms with Crippen molar-refractivity contribution in [2.75, 3.05) is 11.9 Å².